The largest absolute Gasteiger partial charge is 0.456 e. The van der Waals surface area contributed by atoms with Gasteiger partial charge in [-0.1, -0.05) is 72.3 Å². The summed E-state index contributed by atoms with van der Waals surface area (Å²) in [5, 5.41) is 12.2. The molecule has 174 valence electrons. The normalized spacial score (nSPS) is 11.9. The number of pyridine rings is 1. The number of halogens is 1. The first-order valence-electron chi connectivity index (χ1n) is 12.1. The lowest BCUT2D eigenvalue weighted by molar-refractivity contribution is 0.669. The van der Waals surface area contributed by atoms with Crippen LogP contribution in [-0.4, -0.2) is 14.6 Å². The van der Waals surface area contributed by atoms with Gasteiger partial charge >= 0.3 is 0 Å². The highest BCUT2D eigenvalue weighted by atomic mass is 35.5. The van der Waals surface area contributed by atoms with Gasteiger partial charge in [-0.2, -0.15) is 0 Å². The van der Waals surface area contributed by atoms with Crippen molar-refractivity contribution in [1.29, 1.82) is 0 Å². The van der Waals surface area contributed by atoms with E-state index in [-0.39, 0.29) is 0 Å². The van der Waals surface area contributed by atoms with E-state index < -0.39 is 0 Å². The monoisotopic (exact) mass is 495 g/mol. The van der Waals surface area contributed by atoms with E-state index in [9.17, 15) is 0 Å². The molecule has 3 heterocycles. The average molecular weight is 496 g/mol. The molecule has 0 aliphatic carbocycles. The third kappa shape index (κ3) is 3.03. The van der Waals surface area contributed by atoms with Crippen LogP contribution in [0.5, 0.6) is 0 Å². The third-order valence-electron chi connectivity index (χ3n) is 7.12. The molecule has 0 saturated carbocycles. The molecule has 37 heavy (non-hydrogen) atoms. The van der Waals surface area contributed by atoms with E-state index in [4.69, 9.17) is 26.1 Å². The number of fused-ring (bicyclic) bond motifs is 6. The first-order valence-corrected chi connectivity index (χ1v) is 12.5. The van der Waals surface area contributed by atoms with Crippen LogP contribution < -0.4 is 0 Å². The molecular weight excluding hydrogens is 478 g/mol. The molecule has 0 aliphatic heterocycles. The van der Waals surface area contributed by atoms with Crippen LogP contribution in [0.3, 0.4) is 0 Å². The predicted octanol–water partition coefficient (Wildman–Crippen LogP) is 8.92. The van der Waals surface area contributed by atoms with Gasteiger partial charge in [-0.3, -0.25) is 0 Å². The second kappa shape index (κ2) is 7.66. The summed E-state index contributed by atoms with van der Waals surface area (Å²) in [7, 11) is 0. The van der Waals surface area contributed by atoms with E-state index in [1.54, 1.807) is 0 Å². The van der Waals surface area contributed by atoms with Gasteiger partial charge in [-0.25, -0.2) is 9.50 Å². The number of nitrogens with zero attached hydrogens (tertiary/aromatic N) is 3. The van der Waals surface area contributed by atoms with Crippen LogP contribution in [0.4, 0.5) is 0 Å². The predicted molar refractivity (Wildman–Crippen MR) is 151 cm³/mol. The minimum atomic E-state index is 0.667. The summed E-state index contributed by atoms with van der Waals surface area (Å²) in [6.45, 7) is 0. The van der Waals surface area contributed by atoms with Crippen LogP contribution in [0.2, 0.25) is 5.02 Å². The van der Waals surface area contributed by atoms with Crippen molar-refractivity contribution in [3.8, 4) is 22.5 Å². The van der Waals surface area contributed by atoms with E-state index in [0.717, 1.165) is 66.1 Å². The molecule has 3 aromatic heterocycles. The van der Waals surface area contributed by atoms with Crippen molar-refractivity contribution >= 4 is 60.7 Å². The molecule has 8 aromatic rings. The average Bonchev–Trinajstić information content (AvgIpc) is 3.51. The van der Waals surface area contributed by atoms with Crippen molar-refractivity contribution in [1.82, 2.24) is 14.6 Å². The Balaban J connectivity index is 1.47. The molecule has 0 unspecified atom stereocenters. The van der Waals surface area contributed by atoms with Gasteiger partial charge < -0.3 is 4.42 Å². The highest BCUT2D eigenvalue weighted by Crippen LogP contribution is 2.44. The standard InChI is InChI=1S/C32H18ClN3O/c33-20-13-15-22-21-14-12-19(17-27(21)37-28(22)18-20)30-23-7-1-3-9-25(23)31(26-10-4-2-8-24(26)30)32-34-29-11-5-6-16-36(29)35-32/h1-18H. The molecule has 0 N–H and O–H groups in total. The first-order chi connectivity index (χ1) is 18.2. The Morgan fingerprint density at radius 3 is 1.92 bits per heavy atom. The number of aromatic nitrogens is 3. The lowest BCUT2D eigenvalue weighted by Gasteiger charge is -2.15. The Bertz CT molecular complexity index is 2080. The maximum atomic E-state index is 6.24. The first kappa shape index (κ1) is 20.5. The van der Waals surface area contributed by atoms with Gasteiger partial charge in [0, 0.05) is 33.6 Å². The minimum absolute atomic E-state index is 0.667. The summed E-state index contributed by atoms with van der Waals surface area (Å²) >= 11 is 6.22. The molecule has 0 spiro atoms. The fraction of sp³-hybridized carbons (Fsp3) is 0. The fourth-order valence-corrected chi connectivity index (χ4v) is 5.69. The maximum Gasteiger partial charge on any atom is 0.183 e. The fourth-order valence-electron chi connectivity index (χ4n) is 5.52. The van der Waals surface area contributed by atoms with E-state index in [1.165, 1.54) is 5.56 Å². The van der Waals surface area contributed by atoms with Crippen LogP contribution in [0.25, 0.3) is 71.6 Å². The van der Waals surface area contributed by atoms with Crippen molar-refractivity contribution in [2.75, 3.05) is 0 Å². The molecule has 0 fully saturated rings. The van der Waals surface area contributed by atoms with Gasteiger partial charge in [0.15, 0.2) is 11.5 Å². The van der Waals surface area contributed by atoms with Crippen molar-refractivity contribution in [3.05, 3.63) is 114 Å². The smallest absolute Gasteiger partial charge is 0.183 e. The van der Waals surface area contributed by atoms with Crippen molar-refractivity contribution in [2.45, 2.75) is 0 Å². The molecule has 5 heteroatoms. The van der Waals surface area contributed by atoms with E-state index in [2.05, 4.69) is 66.7 Å². The van der Waals surface area contributed by atoms with Crippen LogP contribution in [0, 0.1) is 0 Å². The molecule has 0 saturated heterocycles. The Morgan fingerprint density at radius 2 is 1.22 bits per heavy atom. The quantitative estimate of drug-likeness (QED) is 0.225. The Labute approximate surface area is 216 Å². The number of benzene rings is 5. The molecule has 0 radical (unpaired) electrons. The van der Waals surface area contributed by atoms with Crippen LogP contribution in [0.15, 0.2) is 114 Å². The van der Waals surface area contributed by atoms with Gasteiger partial charge in [0.1, 0.15) is 11.2 Å². The number of hydrogen-bond donors (Lipinski definition) is 0. The molecule has 0 atom stereocenters. The van der Waals surface area contributed by atoms with Crippen LogP contribution in [-0.2, 0) is 0 Å². The van der Waals surface area contributed by atoms with Gasteiger partial charge in [-0.15, -0.1) is 5.10 Å². The van der Waals surface area contributed by atoms with E-state index in [1.807, 2.05) is 47.1 Å². The molecule has 8 rings (SSSR count). The van der Waals surface area contributed by atoms with Gasteiger partial charge in [0.05, 0.1) is 0 Å². The Morgan fingerprint density at radius 1 is 0.595 bits per heavy atom. The van der Waals surface area contributed by atoms with Gasteiger partial charge in [0.25, 0.3) is 0 Å². The minimum Gasteiger partial charge on any atom is -0.456 e. The van der Waals surface area contributed by atoms with E-state index >= 15 is 0 Å². The molecule has 4 nitrogen and oxygen atoms in total. The van der Waals surface area contributed by atoms with Gasteiger partial charge in [-0.05, 0) is 69.1 Å². The third-order valence-corrected chi connectivity index (χ3v) is 7.36. The highest BCUT2D eigenvalue weighted by Gasteiger charge is 2.20. The summed E-state index contributed by atoms with van der Waals surface area (Å²) in [6, 6.07) is 35.2. The highest BCUT2D eigenvalue weighted by molar-refractivity contribution is 6.31. The number of furan rings is 1. The summed E-state index contributed by atoms with van der Waals surface area (Å²) in [6.07, 6.45) is 1.93. The second-order valence-corrected chi connectivity index (χ2v) is 9.67. The SMILES string of the molecule is Clc1ccc2c(c1)oc1cc(-c3c4ccccc4c(-c4nc5ccccn5n4)c4ccccc34)ccc12. The summed E-state index contributed by atoms with van der Waals surface area (Å²) < 4.78 is 8.07. The van der Waals surface area contributed by atoms with Gasteiger partial charge in [0.2, 0.25) is 0 Å². The molecule has 0 aliphatic rings. The topological polar surface area (TPSA) is 43.3 Å². The summed E-state index contributed by atoms with van der Waals surface area (Å²) in [4.78, 5) is 4.88. The van der Waals surface area contributed by atoms with Crippen LogP contribution >= 0.6 is 11.6 Å². The molecule has 5 aromatic carbocycles. The van der Waals surface area contributed by atoms with Crippen LogP contribution in [0.1, 0.15) is 0 Å². The zero-order valence-corrected chi connectivity index (χ0v) is 20.3. The second-order valence-electron chi connectivity index (χ2n) is 9.23. The van der Waals surface area contributed by atoms with E-state index in [0.29, 0.717) is 5.02 Å². The number of hydrogen-bond acceptors (Lipinski definition) is 3. The number of rotatable bonds is 2. The zero-order chi connectivity index (χ0) is 24.5. The zero-order valence-electron chi connectivity index (χ0n) is 19.5. The molecule has 0 bridgehead atoms. The van der Waals surface area contributed by atoms with Crippen molar-refractivity contribution in [3.63, 3.8) is 0 Å². The Hall–Kier alpha value is -4.67. The lowest BCUT2D eigenvalue weighted by Crippen LogP contribution is -1.92. The summed E-state index contributed by atoms with van der Waals surface area (Å²) in [5.41, 5.74) is 5.76. The lowest BCUT2D eigenvalue weighted by atomic mass is 9.88. The molecule has 0 amide bonds. The van der Waals surface area contributed by atoms with Crippen molar-refractivity contribution < 1.29 is 4.42 Å². The summed E-state index contributed by atoms with van der Waals surface area (Å²) in [5.74, 6) is 0.717. The van der Waals surface area contributed by atoms with Crippen molar-refractivity contribution in [2.24, 2.45) is 0 Å². The maximum absolute atomic E-state index is 6.24. The Kier molecular flexibility index (Phi) is 4.25. The molecular formula is C32H18ClN3O.